The molecule has 1 heterocycles. The Morgan fingerprint density at radius 2 is 1.89 bits per heavy atom. The Balaban J connectivity index is 2.26. The number of aryl methyl sites for hydroxylation is 1. The van der Waals surface area contributed by atoms with Crippen molar-refractivity contribution in [3.05, 3.63) is 54.1 Å². The number of fused-ring (bicyclic) bond motifs is 1. The van der Waals surface area contributed by atoms with Crippen LogP contribution in [0.4, 0.5) is 0 Å². The van der Waals surface area contributed by atoms with Gasteiger partial charge >= 0.3 is 0 Å². The smallest absolute Gasteiger partial charge is 0.150 e. The van der Waals surface area contributed by atoms with E-state index in [0.29, 0.717) is 5.56 Å². The number of carbonyl (C=O) groups excluding carboxylic acids is 1. The lowest BCUT2D eigenvalue weighted by Crippen LogP contribution is -1.91. The second-order valence-electron chi connectivity index (χ2n) is 4.23. The number of hydrogen-bond acceptors (Lipinski definition) is 2. The number of rotatable bonds is 2. The average Bonchev–Trinajstić information content (AvgIpc) is 2.76. The van der Waals surface area contributed by atoms with Crippen molar-refractivity contribution in [2.75, 3.05) is 0 Å². The van der Waals surface area contributed by atoms with Crippen LogP contribution in [0.1, 0.15) is 10.4 Å². The van der Waals surface area contributed by atoms with Crippen molar-refractivity contribution in [2.24, 2.45) is 7.05 Å². The van der Waals surface area contributed by atoms with Gasteiger partial charge in [0.1, 0.15) is 12.1 Å². The third kappa shape index (κ3) is 1.61. The standard InChI is InChI=1S/C15H12N2O/c1-17-14-8-7-11(10-18)9-13(14)16-15(17)12-5-3-2-4-6-12/h2-10H,1H3. The van der Waals surface area contributed by atoms with Gasteiger partial charge in [0.05, 0.1) is 11.0 Å². The first-order chi connectivity index (χ1) is 8.79. The SMILES string of the molecule is Cn1c(-c2ccccc2)nc2cc(C=O)ccc21. The molecule has 0 aliphatic carbocycles. The molecule has 0 aliphatic rings. The van der Waals surface area contributed by atoms with Gasteiger partial charge in [0.25, 0.3) is 0 Å². The summed E-state index contributed by atoms with van der Waals surface area (Å²) in [6.45, 7) is 0. The van der Waals surface area contributed by atoms with Crippen LogP contribution in [-0.2, 0) is 7.05 Å². The fourth-order valence-electron chi connectivity index (χ4n) is 2.14. The molecular formula is C15H12N2O. The van der Waals surface area contributed by atoms with Crippen LogP contribution in [0.3, 0.4) is 0 Å². The molecule has 18 heavy (non-hydrogen) atoms. The Kier molecular flexibility index (Phi) is 2.45. The second kappa shape index (κ2) is 4.11. The van der Waals surface area contributed by atoms with Gasteiger partial charge < -0.3 is 4.57 Å². The number of aromatic nitrogens is 2. The van der Waals surface area contributed by atoms with Crippen molar-refractivity contribution in [3.8, 4) is 11.4 Å². The predicted molar refractivity (Wildman–Crippen MR) is 71.5 cm³/mol. The van der Waals surface area contributed by atoms with Crippen LogP contribution >= 0.6 is 0 Å². The van der Waals surface area contributed by atoms with Crippen molar-refractivity contribution in [1.82, 2.24) is 9.55 Å². The van der Waals surface area contributed by atoms with Crippen LogP contribution in [0.15, 0.2) is 48.5 Å². The number of aldehydes is 1. The van der Waals surface area contributed by atoms with Crippen molar-refractivity contribution in [2.45, 2.75) is 0 Å². The zero-order chi connectivity index (χ0) is 12.5. The van der Waals surface area contributed by atoms with Crippen LogP contribution in [0, 0.1) is 0 Å². The zero-order valence-corrected chi connectivity index (χ0v) is 10.00. The van der Waals surface area contributed by atoms with Gasteiger partial charge in [0.15, 0.2) is 0 Å². The summed E-state index contributed by atoms with van der Waals surface area (Å²) in [4.78, 5) is 15.4. The number of hydrogen-bond donors (Lipinski definition) is 0. The van der Waals surface area contributed by atoms with Gasteiger partial charge in [0.2, 0.25) is 0 Å². The average molecular weight is 236 g/mol. The molecule has 3 rings (SSSR count). The first kappa shape index (κ1) is 10.7. The zero-order valence-electron chi connectivity index (χ0n) is 10.00. The monoisotopic (exact) mass is 236 g/mol. The van der Waals surface area contributed by atoms with Crippen molar-refractivity contribution < 1.29 is 4.79 Å². The molecule has 0 amide bonds. The molecule has 0 aliphatic heterocycles. The molecule has 88 valence electrons. The highest BCUT2D eigenvalue weighted by molar-refractivity contribution is 5.87. The summed E-state index contributed by atoms with van der Waals surface area (Å²) in [6.07, 6.45) is 0.844. The molecule has 3 heteroatoms. The summed E-state index contributed by atoms with van der Waals surface area (Å²) < 4.78 is 2.04. The molecule has 0 radical (unpaired) electrons. The molecule has 2 aromatic carbocycles. The fourth-order valence-corrected chi connectivity index (χ4v) is 2.14. The number of carbonyl (C=O) groups is 1. The quantitative estimate of drug-likeness (QED) is 0.641. The van der Waals surface area contributed by atoms with Gasteiger partial charge in [-0.25, -0.2) is 4.98 Å². The van der Waals surface area contributed by atoms with Gasteiger partial charge in [-0.05, 0) is 18.2 Å². The molecule has 0 unspecified atom stereocenters. The molecule has 0 saturated heterocycles. The third-order valence-electron chi connectivity index (χ3n) is 3.07. The van der Waals surface area contributed by atoms with E-state index in [-0.39, 0.29) is 0 Å². The summed E-state index contributed by atoms with van der Waals surface area (Å²) in [5.41, 5.74) is 3.60. The minimum absolute atomic E-state index is 0.653. The van der Waals surface area contributed by atoms with E-state index in [2.05, 4.69) is 4.98 Å². The van der Waals surface area contributed by atoms with Crippen LogP contribution < -0.4 is 0 Å². The Labute approximate surface area is 105 Å². The summed E-state index contributed by atoms with van der Waals surface area (Å²) in [5.74, 6) is 0.911. The van der Waals surface area contributed by atoms with E-state index in [1.165, 1.54) is 0 Å². The van der Waals surface area contributed by atoms with Gasteiger partial charge in [-0.15, -0.1) is 0 Å². The maximum Gasteiger partial charge on any atom is 0.150 e. The molecule has 0 fully saturated rings. The van der Waals surface area contributed by atoms with Crippen LogP contribution in [-0.4, -0.2) is 15.8 Å². The maximum absolute atomic E-state index is 10.8. The highest BCUT2D eigenvalue weighted by Crippen LogP contribution is 2.23. The highest BCUT2D eigenvalue weighted by atomic mass is 16.1. The Morgan fingerprint density at radius 3 is 2.61 bits per heavy atom. The van der Waals surface area contributed by atoms with Crippen molar-refractivity contribution in [1.29, 1.82) is 0 Å². The lowest BCUT2D eigenvalue weighted by Gasteiger charge is -2.01. The van der Waals surface area contributed by atoms with E-state index in [0.717, 1.165) is 28.7 Å². The van der Waals surface area contributed by atoms with Gasteiger partial charge in [-0.1, -0.05) is 30.3 Å². The molecule has 3 aromatic rings. The van der Waals surface area contributed by atoms with E-state index in [9.17, 15) is 4.79 Å². The Bertz CT molecular complexity index is 714. The molecule has 0 N–H and O–H groups in total. The second-order valence-corrected chi connectivity index (χ2v) is 4.23. The minimum atomic E-state index is 0.653. The van der Waals surface area contributed by atoms with E-state index >= 15 is 0 Å². The largest absolute Gasteiger partial charge is 0.327 e. The normalized spacial score (nSPS) is 10.7. The number of nitrogens with zero attached hydrogens (tertiary/aromatic N) is 2. The predicted octanol–water partition coefficient (Wildman–Crippen LogP) is 3.05. The summed E-state index contributed by atoms with van der Waals surface area (Å²) in [6, 6.07) is 15.6. The van der Waals surface area contributed by atoms with Crippen molar-refractivity contribution in [3.63, 3.8) is 0 Å². The molecule has 0 bridgehead atoms. The Morgan fingerprint density at radius 1 is 1.11 bits per heavy atom. The minimum Gasteiger partial charge on any atom is -0.327 e. The lowest BCUT2D eigenvalue weighted by atomic mass is 10.2. The summed E-state index contributed by atoms with van der Waals surface area (Å²) >= 11 is 0. The molecule has 0 saturated carbocycles. The van der Waals surface area contributed by atoms with Crippen molar-refractivity contribution >= 4 is 17.3 Å². The summed E-state index contributed by atoms with van der Waals surface area (Å²) in [7, 11) is 1.98. The van der Waals surface area contributed by atoms with Crippen LogP contribution in [0.2, 0.25) is 0 Å². The van der Waals surface area contributed by atoms with Gasteiger partial charge in [-0.2, -0.15) is 0 Å². The van der Waals surface area contributed by atoms with Gasteiger partial charge in [0, 0.05) is 18.2 Å². The summed E-state index contributed by atoms with van der Waals surface area (Å²) in [5, 5.41) is 0. The van der Waals surface area contributed by atoms with E-state index < -0.39 is 0 Å². The third-order valence-corrected chi connectivity index (χ3v) is 3.07. The molecule has 0 spiro atoms. The molecular weight excluding hydrogens is 224 g/mol. The fraction of sp³-hybridized carbons (Fsp3) is 0.0667. The lowest BCUT2D eigenvalue weighted by molar-refractivity contribution is 0.112. The van der Waals surface area contributed by atoms with Gasteiger partial charge in [-0.3, -0.25) is 4.79 Å². The number of benzene rings is 2. The molecule has 3 nitrogen and oxygen atoms in total. The molecule has 0 atom stereocenters. The highest BCUT2D eigenvalue weighted by Gasteiger charge is 2.09. The van der Waals surface area contributed by atoms with E-state index in [4.69, 9.17) is 0 Å². The first-order valence-corrected chi connectivity index (χ1v) is 5.76. The van der Waals surface area contributed by atoms with E-state index in [1.807, 2.05) is 60.1 Å². The topological polar surface area (TPSA) is 34.9 Å². The van der Waals surface area contributed by atoms with Crippen LogP contribution in [0.5, 0.6) is 0 Å². The maximum atomic E-state index is 10.8. The Hall–Kier alpha value is -2.42. The van der Waals surface area contributed by atoms with E-state index in [1.54, 1.807) is 0 Å². The number of imidazole rings is 1. The van der Waals surface area contributed by atoms with Crippen LogP contribution in [0.25, 0.3) is 22.4 Å². The molecule has 1 aromatic heterocycles. The first-order valence-electron chi connectivity index (χ1n) is 5.76.